The minimum absolute atomic E-state index is 0.149. The molecule has 11 nitrogen and oxygen atoms in total. The average molecular weight is 588 g/mol. The third kappa shape index (κ3) is 6.18. The van der Waals surface area contributed by atoms with E-state index in [0.29, 0.717) is 11.5 Å². The van der Waals surface area contributed by atoms with Gasteiger partial charge in [-0.3, -0.25) is 14.6 Å². The Bertz CT molecular complexity index is 1790. The summed E-state index contributed by atoms with van der Waals surface area (Å²) in [5, 5.41) is 0. The molecule has 0 aliphatic carbocycles. The van der Waals surface area contributed by atoms with E-state index < -0.39 is 21.5 Å². The first-order valence-corrected chi connectivity index (χ1v) is 14.9. The van der Waals surface area contributed by atoms with Gasteiger partial charge in [0.05, 0.1) is 35.2 Å². The monoisotopic (exact) mass is 587 g/mol. The second-order valence-electron chi connectivity index (χ2n) is 11.4. The molecule has 5 rings (SSSR count). The molecule has 4 aromatic rings. The molecule has 0 bridgehead atoms. The lowest BCUT2D eigenvalue weighted by molar-refractivity contribution is 0.0781. The van der Waals surface area contributed by atoms with E-state index in [2.05, 4.69) is 43.4 Å². The second kappa shape index (κ2) is 11.0. The molecule has 2 aromatic heterocycles. The highest BCUT2D eigenvalue weighted by molar-refractivity contribution is 7.92. The van der Waals surface area contributed by atoms with Gasteiger partial charge >= 0.3 is 0 Å². The van der Waals surface area contributed by atoms with Crippen LogP contribution in [0.3, 0.4) is 0 Å². The molecule has 1 saturated heterocycles. The summed E-state index contributed by atoms with van der Waals surface area (Å²) in [5.74, 6) is -0.150. The third-order valence-corrected chi connectivity index (χ3v) is 8.46. The maximum atomic E-state index is 13.3. The van der Waals surface area contributed by atoms with Gasteiger partial charge in [0.25, 0.3) is 21.5 Å². The molecule has 42 heavy (non-hydrogen) atoms. The Hall–Kier alpha value is -4.58. The van der Waals surface area contributed by atoms with Gasteiger partial charge in [0.2, 0.25) is 5.95 Å². The predicted molar refractivity (Wildman–Crippen MR) is 161 cm³/mol. The number of sulfonamides is 1. The van der Waals surface area contributed by atoms with E-state index in [1.807, 2.05) is 32.0 Å². The van der Waals surface area contributed by atoms with Crippen molar-refractivity contribution in [2.45, 2.75) is 39.1 Å². The lowest BCUT2D eigenvalue weighted by Crippen LogP contribution is -2.53. The van der Waals surface area contributed by atoms with Gasteiger partial charge in [-0.15, -0.1) is 0 Å². The summed E-state index contributed by atoms with van der Waals surface area (Å²) < 4.78 is 28.9. The Morgan fingerprint density at radius 1 is 1.05 bits per heavy atom. The number of nitrogens with zero attached hydrogens (tertiary/aromatic N) is 5. The number of anilines is 2. The summed E-state index contributed by atoms with van der Waals surface area (Å²) in [6, 6.07) is 12.7. The Morgan fingerprint density at radius 3 is 2.33 bits per heavy atom. The Balaban J connectivity index is 1.31. The lowest BCUT2D eigenvalue weighted by atomic mass is 9.84. The highest BCUT2D eigenvalue weighted by Gasteiger charge is 2.34. The standard InChI is InChI=1S/C30H33N7O4S/c1-19-8-6-9-20(2)27(19)24-13-26(38)34-29(33-24)35-42(40,41)23-11-7-10-21(12-23)28(39)36(5)16-25-31-14-22(15-32-25)37-17-30(3,4)18-37/h6-15H,16-18H2,1-5H3,(H2,33,34,35,38). The van der Waals surface area contributed by atoms with Crippen molar-refractivity contribution in [1.29, 1.82) is 0 Å². The number of rotatable bonds is 8. The number of aryl methyl sites for hydroxylation is 2. The van der Waals surface area contributed by atoms with Gasteiger partial charge in [0.1, 0.15) is 5.82 Å². The van der Waals surface area contributed by atoms with Crippen LogP contribution in [0.1, 0.15) is 41.2 Å². The minimum atomic E-state index is -4.19. The van der Waals surface area contributed by atoms with Gasteiger partial charge < -0.3 is 9.80 Å². The fourth-order valence-electron chi connectivity index (χ4n) is 5.10. The van der Waals surface area contributed by atoms with Crippen LogP contribution in [0.2, 0.25) is 0 Å². The number of nitrogens with one attached hydrogen (secondary N) is 2. The maximum absolute atomic E-state index is 13.3. The Kier molecular flexibility index (Phi) is 7.58. The summed E-state index contributed by atoms with van der Waals surface area (Å²) >= 11 is 0. The summed E-state index contributed by atoms with van der Waals surface area (Å²) in [4.78, 5) is 44.7. The molecule has 1 aliphatic heterocycles. The number of H-pyrrole nitrogens is 1. The van der Waals surface area contributed by atoms with E-state index in [0.717, 1.165) is 35.5 Å². The van der Waals surface area contributed by atoms with E-state index in [1.54, 1.807) is 19.4 Å². The van der Waals surface area contributed by atoms with Crippen molar-refractivity contribution >= 4 is 27.6 Å². The molecular weight excluding hydrogens is 554 g/mol. The van der Waals surface area contributed by atoms with Crippen LogP contribution in [0.25, 0.3) is 11.3 Å². The van der Waals surface area contributed by atoms with Crippen LogP contribution in [-0.4, -0.2) is 59.3 Å². The summed E-state index contributed by atoms with van der Waals surface area (Å²) in [7, 11) is -2.59. The molecule has 2 N–H and O–H groups in total. The first-order chi connectivity index (χ1) is 19.8. The van der Waals surface area contributed by atoms with E-state index in [4.69, 9.17) is 0 Å². The number of hydrogen-bond donors (Lipinski definition) is 2. The lowest BCUT2D eigenvalue weighted by Gasteiger charge is -2.47. The summed E-state index contributed by atoms with van der Waals surface area (Å²) in [6.45, 7) is 10.2. The van der Waals surface area contributed by atoms with E-state index in [9.17, 15) is 18.0 Å². The zero-order valence-corrected chi connectivity index (χ0v) is 25.0. The first-order valence-electron chi connectivity index (χ1n) is 13.4. The predicted octanol–water partition coefficient (Wildman–Crippen LogP) is 3.76. The molecule has 0 spiro atoms. The fraction of sp³-hybridized carbons (Fsp3) is 0.300. The molecule has 0 unspecified atom stereocenters. The normalized spacial score (nSPS) is 14.3. The van der Waals surface area contributed by atoms with Crippen LogP contribution in [0.4, 0.5) is 11.6 Å². The molecule has 0 saturated carbocycles. The molecule has 12 heteroatoms. The number of benzene rings is 2. The molecule has 3 heterocycles. The Labute approximate surface area is 244 Å². The average Bonchev–Trinajstić information content (AvgIpc) is 2.91. The number of carbonyl (C=O) groups is 1. The van der Waals surface area contributed by atoms with Crippen molar-refractivity contribution in [1.82, 2.24) is 24.8 Å². The van der Waals surface area contributed by atoms with E-state index in [-0.39, 0.29) is 28.4 Å². The molecule has 1 fully saturated rings. The maximum Gasteiger partial charge on any atom is 0.264 e. The highest BCUT2D eigenvalue weighted by atomic mass is 32.2. The topological polar surface area (TPSA) is 141 Å². The van der Waals surface area contributed by atoms with Gasteiger partial charge in [0.15, 0.2) is 0 Å². The molecular formula is C30H33N7O4S. The van der Waals surface area contributed by atoms with Crippen molar-refractivity contribution in [3.8, 4) is 11.3 Å². The number of aromatic nitrogens is 4. The van der Waals surface area contributed by atoms with Crippen molar-refractivity contribution in [2.24, 2.45) is 5.41 Å². The van der Waals surface area contributed by atoms with Gasteiger partial charge in [-0.25, -0.2) is 28.1 Å². The number of aromatic amines is 1. The van der Waals surface area contributed by atoms with Gasteiger partial charge in [-0.05, 0) is 48.6 Å². The van der Waals surface area contributed by atoms with E-state index >= 15 is 0 Å². The smallest absolute Gasteiger partial charge is 0.264 e. The Morgan fingerprint density at radius 2 is 1.69 bits per heavy atom. The van der Waals surface area contributed by atoms with Crippen LogP contribution < -0.4 is 15.2 Å². The van der Waals surface area contributed by atoms with Gasteiger partial charge in [-0.1, -0.05) is 38.1 Å². The van der Waals surface area contributed by atoms with Crippen LogP contribution in [-0.2, 0) is 16.6 Å². The SMILES string of the molecule is Cc1cccc(C)c1-c1cc(=O)[nH]c(NS(=O)(=O)c2cccc(C(=O)N(C)Cc3ncc(N4CC(C)(C)C4)cn3)c2)n1. The highest BCUT2D eigenvalue weighted by Crippen LogP contribution is 2.32. The molecule has 1 amide bonds. The quantitative estimate of drug-likeness (QED) is 0.317. The molecule has 0 radical (unpaired) electrons. The first kappa shape index (κ1) is 28.9. The molecule has 218 valence electrons. The van der Waals surface area contributed by atoms with Gasteiger partial charge in [-0.2, -0.15) is 0 Å². The largest absolute Gasteiger partial charge is 0.368 e. The van der Waals surface area contributed by atoms with Gasteiger partial charge in [0, 0.05) is 37.3 Å². The minimum Gasteiger partial charge on any atom is -0.368 e. The van der Waals surface area contributed by atoms with Crippen molar-refractivity contribution in [2.75, 3.05) is 29.8 Å². The number of carbonyl (C=O) groups excluding carboxylic acids is 1. The number of hydrogen-bond acceptors (Lipinski definition) is 8. The summed E-state index contributed by atoms with van der Waals surface area (Å²) in [5.41, 5.74) is 3.79. The zero-order valence-electron chi connectivity index (χ0n) is 24.2. The third-order valence-electron chi connectivity index (χ3n) is 7.12. The van der Waals surface area contributed by atoms with Crippen molar-refractivity contribution in [3.63, 3.8) is 0 Å². The van der Waals surface area contributed by atoms with Crippen LogP contribution >= 0.6 is 0 Å². The summed E-state index contributed by atoms with van der Waals surface area (Å²) in [6.07, 6.45) is 3.51. The van der Waals surface area contributed by atoms with Crippen molar-refractivity contribution < 1.29 is 13.2 Å². The fourth-order valence-corrected chi connectivity index (χ4v) is 6.11. The molecule has 1 aliphatic rings. The van der Waals surface area contributed by atoms with E-state index in [1.165, 1.54) is 35.2 Å². The van der Waals surface area contributed by atoms with Crippen molar-refractivity contribution in [3.05, 3.63) is 93.8 Å². The second-order valence-corrected chi connectivity index (χ2v) is 13.1. The molecule has 2 aromatic carbocycles. The van der Waals surface area contributed by atoms with Crippen LogP contribution in [0.15, 0.2) is 70.6 Å². The van der Waals surface area contributed by atoms with Crippen LogP contribution in [0.5, 0.6) is 0 Å². The number of amides is 1. The zero-order chi connectivity index (χ0) is 30.2. The van der Waals surface area contributed by atoms with Crippen LogP contribution in [0, 0.1) is 19.3 Å². The molecule has 0 atom stereocenters.